The molecule has 0 radical (unpaired) electrons. The largest absolute Gasteiger partial charge is 0.455 e. The highest BCUT2D eigenvalue weighted by molar-refractivity contribution is 9.10. The molecule has 1 N–H and O–H groups in total. The van der Waals surface area contributed by atoms with Crippen molar-refractivity contribution in [1.29, 1.82) is 0 Å². The number of carbonyl (C=O) groups excluding carboxylic acids is 1. The van der Waals surface area contributed by atoms with Crippen LogP contribution in [0.25, 0.3) is 11.3 Å². The van der Waals surface area contributed by atoms with Crippen molar-refractivity contribution in [1.82, 2.24) is 5.43 Å². The summed E-state index contributed by atoms with van der Waals surface area (Å²) in [7, 11) is 0. The molecule has 0 atom stereocenters. The first-order valence-electron chi connectivity index (χ1n) is 6.91. The summed E-state index contributed by atoms with van der Waals surface area (Å²) in [4.78, 5) is 12.7. The van der Waals surface area contributed by atoms with E-state index >= 15 is 0 Å². The first kappa shape index (κ1) is 15.7. The number of nitrogens with one attached hydrogen (secondary N) is 1. The van der Waals surface area contributed by atoms with E-state index in [4.69, 9.17) is 4.42 Å². The van der Waals surface area contributed by atoms with Crippen LogP contribution in [0.5, 0.6) is 0 Å². The summed E-state index contributed by atoms with van der Waals surface area (Å²) in [5.74, 6) is 1.19. The van der Waals surface area contributed by atoms with E-state index in [1.165, 1.54) is 6.21 Å². The lowest BCUT2D eigenvalue weighted by molar-refractivity contribution is -0.120. The van der Waals surface area contributed by atoms with Crippen LogP contribution in [0.15, 0.2) is 67.9 Å². The van der Waals surface area contributed by atoms with E-state index in [0.29, 0.717) is 12.2 Å². The van der Waals surface area contributed by atoms with E-state index in [-0.39, 0.29) is 5.91 Å². The number of hydrogen-bond donors (Lipinski definition) is 1. The molecule has 0 saturated carbocycles. The van der Waals surface area contributed by atoms with Crippen LogP contribution in [0.2, 0.25) is 0 Å². The van der Waals surface area contributed by atoms with Gasteiger partial charge < -0.3 is 4.42 Å². The monoisotopic (exact) mass is 388 g/mol. The van der Waals surface area contributed by atoms with Crippen LogP contribution in [0.4, 0.5) is 0 Å². The van der Waals surface area contributed by atoms with Crippen molar-refractivity contribution in [3.8, 4) is 11.3 Å². The lowest BCUT2D eigenvalue weighted by Gasteiger charge is -1.97. The van der Waals surface area contributed by atoms with E-state index in [1.807, 2.05) is 53.9 Å². The second-order valence-corrected chi connectivity index (χ2v) is 6.71. The minimum absolute atomic E-state index is 0.150. The first-order chi connectivity index (χ1) is 11.2. The number of amides is 1. The van der Waals surface area contributed by atoms with Crippen molar-refractivity contribution in [2.24, 2.45) is 5.10 Å². The van der Waals surface area contributed by atoms with Gasteiger partial charge in [-0.1, -0.05) is 34.1 Å². The average molecular weight is 389 g/mol. The summed E-state index contributed by atoms with van der Waals surface area (Å²) in [5, 5.41) is 5.86. The topological polar surface area (TPSA) is 54.6 Å². The minimum Gasteiger partial charge on any atom is -0.455 e. The number of thiophene rings is 1. The molecule has 0 spiro atoms. The van der Waals surface area contributed by atoms with Crippen LogP contribution in [-0.4, -0.2) is 12.1 Å². The lowest BCUT2D eigenvalue weighted by Crippen LogP contribution is -2.19. The molecule has 2 aromatic heterocycles. The molecule has 0 aliphatic carbocycles. The van der Waals surface area contributed by atoms with Crippen molar-refractivity contribution in [2.75, 3.05) is 0 Å². The molecule has 2 heterocycles. The molecule has 0 fully saturated rings. The number of furan rings is 1. The summed E-state index contributed by atoms with van der Waals surface area (Å²) in [6, 6.07) is 15.4. The highest BCUT2D eigenvalue weighted by Crippen LogP contribution is 2.23. The molecule has 4 nitrogen and oxygen atoms in total. The van der Waals surface area contributed by atoms with Crippen LogP contribution in [0.3, 0.4) is 0 Å². The molecule has 6 heteroatoms. The van der Waals surface area contributed by atoms with Crippen LogP contribution >= 0.6 is 27.3 Å². The second kappa shape index (κ2) is 7.39. The molecule has 0 bridgehead atoms. The molecule has 0 aliphatic heterocycles. The third-order valence-electron chi connectivity index (χ3n) is 3.05. The maximum atomic E-state index is 11.7. The zero-order valence-corrected chi connectivity index (χ0v) is 14.4. The third kappa shape index (κ3) is 4.40. The molecule has 23 heavy (non-hydrogen) atoms. The number of hydrogen-bond acceptors (Lipinski definition) is 4. The fraction of sp³-hybridized carbons (Fsp3) is 0.0588. The summed E-state index contributed by atoms with van der Waals surface area (Å²) in [6.45, 7) is 0. The fourth-order valence-corrected chi connectivity index (χ4v) is 2.94. The SMILES string of the molecule is O=C(Cc1cccs1)N/N=C/c1ccc(-c2ccc(Br)cc2)o1. The molecule has 0 unspecified atom stereocenters. The second-order valence-electron chi connectivity index (χ2n) is 4.76. The molecular weight excluding hydrogens is 376 g/mol. The van der Waals surface area contributed by atoms with Gasteiger partial charge in [0.25, 0.3) is 0 Å². The zero-order chi connectivity index (χ0) is 16.1. The van der Waals surface area contributed by atoms with Crippen LogP contribution in [0, 0.1) is 0 Å². The molecule has 1 amide bonds. The van der Waals surface area contributed by atoms with Crippen LogP contribution in [-0.2, 0) is 11.2 Å². The van der Waals surface area contributed by atoms with Crippen molar-refractivity contribution in [2.45, 2.75) is 6.42 Å². The maximum Gasteiger partial charge on any atom is 0.245 e. The van der Waals surface area contributed by atoms with Gasteiger partial charge in [0.05, 0.1) is 12.6 Å². The Bertz CT molecular complexity index is 808. The molecular formula is C17H13BrN2O2S. The van der Waals surface area contributed by atoms with Gasteiger partial charge in [-0.05, 0) is 35.7 Å². The Morgan fingerprint density at radius 3 is 2.78 bits per heavy atom. The van der Waals surface area contributed by atoms with Crippen molar-refractivity contribution in [3.05, 3.63) is 69.0 Å². The van der Waals surface area contributed by atoms with Gasteiger partial charge in [-0.15, -0.1) is 11.3 Å². The van der Waals surface area contributed by atoms with Gasteiger partial charge in [0.1, 0.15) is 11.5 Å². The normalized spacial score (nSPS) is 11.0. The number of rotatable bonds is 5. The molecule has 116 valence electrons. The predicted molar refractivity (Wildman–Crippen MR) is 95.6 cm³/mol. The number of benzene rings is 1. The summed E-state index contributed by atoms with van der Waals surface area (Å²) < 4.78 is 6.70. The van der Waals surface area contributed by atoms with E-state index in [1.54, 1.807) is 11.3 Å². The van der Waals surface area contributed by atoms with Gasteiger partial charge in [0, 0.05) is 14.9 Å². The highest BCUT2D eigenvalue weighted by atomic mass is 79.9. The Kier molecular flexibility index (Phi) is 5.05. The van der Waals surface area contributed by atoms with E-state index in [0.717, 1.165) is 20.7 Å². The standard InChI is InChI=1S/C17H13BrN2O2S/c18-13-5-3-12(4-6-13)16-8-7-14(22-16)11-19-20-17(21)10-15-2-1-9-23-15/h1-9,11H,10H2,(H,20,21)/b19-11+. The van der Waals surface area contributed by atoms with Crippen molar-refractivity contribution >= 4 is 39.4 Å². The smallest absolute Gasteiger partial charge is 0.245 e. The van der Waals surface area contributed by atoms with Crippen molar-refractivity contribution in [3.63, 3.8) is 0 Å². The molecule has 0 aliphatic rings. The Morgan fingerprint density at radius 2 is 2.04 bits per heavy atom. The van der Waals surface area contributed by atoms with Gasteiger partial charge >= 0.3 is 0 Å². The molecule has 3 rings (SSSR count). The molecule has 3 aromatic rings. The zero-order valence-electron chi connectivity index (χ0n) is 12.0. The average Bonchev–Trinajstić information content (AvgIpc) is 3.20. The predicted octanol–water partition coefficient (Wildman–Crippen LogP) is 4.46. The molecule has 1 aromatic carbocycles. The minimum atomic E-state index is -0.150. The lowest BCUT2D eigenvalue weighted by atomic mass is 10.2. The van der Waals surface area contributed by atoms with Gasteiger partial charge in [-0.25, -0.2) is 5.43 Å². The van der Waals surface area contributed by atoms with Crippen molar-refractivity contribution < 1.29 is 9.21 Å². The van der Waals surface area contributed by atoms with Gasteiger partial charge in [0.15, 0.2) is 0 Å². The maximum absolute atomic E-state index is 11.7. The summed E-state index contributed by atoms with van der Waals surface area (Å²) in [5.41, 5.74) is 3.48. The van der Waals surface area contributed by atoms with Crippen LogP contribution in [0.1, 0.15) is 10.6 Å². The summed E-state index contributed by atoms with van der Waals surface area (Å²) in [6.07, 6.45) is 1.83. The van der Waals surface area contributed by atoms with E-state index in [2.05, 4.69) is 26.5 Å². The van der Waals surface area contributed by atoms with E-state index in [9.17, 15) is 4.79 Å². The number of halogens is 1. The van der Waals surface area contributed by atoms with Crippen LogP contribution < -0.4 is 5.43 Å². The highest BCUT2D eigenvalue weighted by Gasteiger charge is 2.04. The van der Waals surface area contributed by atoms with E-state index < -0.39 is 0 Å². The Labute approximate surface area is 146 Å². The van der Waals surface area contributed by atoms with Gasteiger partial charge in [-0.3, -0.25) is 4.79 Å². The Morgan fingerprint density at radius 1 is 1.22 bits per heavy atom. The summed E-state index contributed by atoms with van der Waals surface area (Å²) >= 11 is 4.95. The fourth-order valence-electron chi connectivity index (χ4n) is 1.97. The quantitative estimate of drug-likeness (QED) is 0.517. The Hall–Kier alpha value is -2.18. The number of nitrogens with zero attached hydrogens (tertiary/aromatic N) is 1. The first-order valence-corrected chi connectivity index (χ1v) is 8.58. The number of carbonyl (C=O) groups is 1. The number of hydrazone groups is 1. The van der Waals surface area contributed by atoms with Gasteiger partial charge in [-0.2, -0.15) is 5.10 Å². The van der Waals surface area contributed by atoms with Gasteiger partial charge in [0.2, 0.25) is 5.91 Å². The third-order valence-corrected chi connectivity index (χ3v) is 4.46. The Balaban J connectivity index is 1.58. The molecule has 0 saturated heterocycles.